The smallest absolute Gasteiger partial charge is 0.191 e. The molecule has 0 spiro atoms. The minimum Gasteiger partial charge on any atom is -0.375 e. The van der Waals surface area contributed by atoms with Crippen molar-refractivity contribution < 1.29 is 4.74 Å². The standard InChI is InChI=1S/C21H30N4OS/c1-22-21(23-11-14-26-17-18-8-3-2-4-9-18)24-16-19(20-10-7-15-27-20)25-12-5-6-13-25/h2-4,7-10,15,19H,5-6,11-14,16-17H2,1H3,(H2,22,23,24). The first-order chi connectivity index (χ1) is 13.4. The summed E-state index contributed by atoms with van der Waals surface area (Å²) in [5.41, 5.74) is 1.20. The highest BCUT2D eigenvalue weighted by molar-refractivity contribution is 7.10. The number of ether oxygens (including phenoxy) is 1. The fourth-order valence-corrected chi connectivity index (χ4v) is 4.22. The van der Waals surface area contributed by atoms with Crippen LogP contribution in [-0.4, -0.2) is 50.7 Å². The molecule has 1 aromatic heterocycles. The van der Waals surface area contributed by atoms with Gasteiger partial charge in [0.1, 0.15) is 0 Å². The molecule has 146 valence electrons. The summed E-state index contributed by atoms with van der Waals surface area (Å²) in [6, 6.07) is 15.0. The average molecular weight is 387 g/mol. The Hall–Kier alpha value is -1.89. The van der Waals surface area contributed by atoms with Gasteiger partial charge in [-0.15, -0.1) is 11.3 Å². The van der Waals surface area contributed by atoms with Crippen molar-refractivity contribution in [1.82, 2.24) is 15.5 Å². The number of benzene rings is 1. The van der Waals surface area contributed by atoms with E-state index in [0.717, 1.165) is 19.0 Å². The van der Waals surface area contributed by atoms with E-state index < -0.39 is 0 Å². The normalized spacial score (nSPS) is 16.4. The molecule has 1 aliphatic heterocycles. The fraction of sp³-hybridized carbons (Fsp3) is 0.476. The molecule has 2 aromatic rings. The molecule has 27 heavy (non-hydrogen) atoms. The average Bonchev–Trinajstić information content (AvgIpc) is 3.42. The maximum absolute atomic E-state index is 5.73. The van der Waals surface area contributed by atoms with Crippen LogP contribution in [0.2, 0.25) is 0 Å². The van der Waals surface area contributed by atoms with E-state index in [1.54, 1.807) is 0 Å². The van der Waals surface area contributed by atoms with Crippen molar-refractivity contribution in [3.63, 3.8) is 0 Å². The van der Waals surface area contributed by atoms with Crippen LogP contribution in [0.4, 0.5) is 0 Å². The number of thiophene rings is 1. The lowest BCUT2D eigenvalue weighted by Crippen LogP contribution is -2.43. The topological polar surface area (TPSA) is 48.9 Å². The Morgan fingerprint density at radius 3 is 2.67 bits per heavy atom. The van der Waals surface area contributed by atoms with Gasteiger partial charge in [-0.2, -0.15) is 0 Å². The van der Waals surface area contributed by atoms with Crippen molar-refractivity contribution in [1.29, 1.82) is 0 Å². The molecule has 2 heterocycles. The molecule has 5 nitrogen and oxygen atoms in total. The highest BCUT2D eigenvalue weighted by atomic mass is 32.1. The third-order valence-electron chi connectivity index (χ3n) is 4.79. The van der Waals surface area contributed by atoms with Crippen molar-refractivity contribution >= 4 is 17.3 Å². The van der Waals surface area contributed by atoms with Gasteiger partial charge in [-0.05, 0) is 42.9 Å². The molecule has 0 amide bonds. The van der Waals surface area contributed by atoms with Crippen LogP contribution in [0.15, 0.2) is 52.8 Å². The molecule has 2 N–H and O–H groups in total. The molecule has 1 atom stereocenters. The lowest BCUT2D eigenvalue weighted by atomic mass is 10.2. The third kappa shape index (κ3) is 6.34. The Labute approximate surface area is 166 Å². The van der Waals surface area contributed by atoms with Crippen LogP contribution < -0.4 is 10.6 Å². The number of likely N-dealkylation sites (tertiary alicyclic amines) is 1. The molecule has 6 heteroatoms. The minimum absolute atomic E-state index is 0.417. The second-order valence-corrected chi connectivity index (χ2v) is 7.67. The third-order valence-corrected chi connectivity index (χ3v) is 5.76. The van der Waals surface area contributed by atoms with Crippen molar-refractivity contribution in [3.8, 4) is 0 Å². The van der Waals surface area contributed by atoms with E-state index in [2.05, 4.69) is 50.2 Å². The molecule has 1 fully saturated rings. The molecule has 1 aromatic carbocycles. The molecule has 1 aliphatic rings. The zero-order valence-electron chi connectivity index (χ0n) is 16.1. The predicted molar refractivity (Wildman–Crippen MR) is 113 cm³/mol. The molecule has 1 saturated heterocycles. The van der Waals surface area contributed by atoms with Crippen LogP contribution in [0.25, 0.3) is 0 Å². The summed E-state index contributed by atoms with van der Waals surface area (Å²) in [5, 5.41) is 9.00. The number of nitrogens with zero attached hydrogens (tertiary/aromatic N) is 2. The van der Waals surface area contributed by atoms with Crippen LogP contribution >= 0.6 is 11.3 Å². The highest BCUT2D eigenvalue weighted by Crippen LogP contribution is 2.27. The summed E-state index contributed by atoms with van der Waals surface area (Å²) < 4.78 is 5.73. The SMILES string of the molecule is CN=C(NCCOCc1ccccc1)NCC(c1cccs1)N1CCCC1. The van der Waals surface area contributed by atoms with Gasteiger partial charge < -0.3 is 15.4 Å². The van der Waals surface area contributed by atoms with Crippen molar-refractivity contribution in [2.45, 2.75) is 25.5 Å². The van der Waals surface area contributed by atoms with Gasteiger partial charge in [-0.3, -0.25) is 9.89 Å². The minimum atomic E-state index is 0.417. The molecular weight excluding hydrogens is 356 g/mol. The number of guanidine groups is 1. The number of rotatable bonds is 9. The van der Waals surface area contributed by atoms with Crippen LogP contribution in [0.1, 0.15) is 29.3 Å². The Morgan fingerprint density at radius 1 is 1.15 bits per heavy atom. The molecule has 0 aliphatic carbocycles. The van der Waals surface area contributed by atoms with E-state index in [9.17, 15) is 0 Å². The van der Waals surface area contributed by atoms with E-state index in [1.807, 2.05) is 36.6 Å². The molecule has 0 saturated carbocycles. The Kier molecular flexibility index (Phi) is 8.14. The first-order valence-corrected chi connectivity index (χ1v) is 10.6. The van der Waals surface area contributed by atoms with Gasteiger partial charge in [-0.1, -0.05) is 36.4 Å². The predicted octanol–water partition coefficient (Wildman–Crippen LogP) is 3.27. The van der Waals surface area contributed by atoms with Crippen molar-refractivity contribution in [3.05, 3.63) is 58.3 Å². The van der Waals surface area contributed by atoms with Crippen LogP contribution in [0, 0.1) is 0 Å². The summed E-state index contributed by atoms with van der Waals surface area (Å²) in [6.07, 6.45) is 2.60. The van der Waals surface area contributed by atoms with Gasteiger partial charge in [0.25, 0.3) is 0 Å². The first-order valence-electron chi connectivity index (χ1n) is 9.70. The number of hydrogen-bond donors (Lipinski definition) is 2. The molecule has 1 unspecified atom stereocenters. The maximum Gasteiger partial charge on any atom is 0.191 e. The lowest BCUT2D eigenvalue weighted by molar-refractivity contribution is 0.125. The van der Waals surface area contributed by atoms with Gasteiger partial charge in [0.2, 0.25) is 0 Å². The largest absolute Gasteiger partial charge is 0.375 e. The summed E-state index contributed by atoms with van der Waals surface area (Å²) >= 11 is 1.84. The zero-order chi connectivity index (χ0) is 18.7. The quantitative estimate of drug-likeness (QED) is 0.395. The fourth-order valence-electron chi connectivity index (χ4n) is 3.36. The Bertz CT molecular complexity index is 669. The Morgan fingerprint density at radius 2 is 1.96 bits per heavy atom. The summed E-state index contributed by atoms with van der Waals surface area (Å²) in [6.45, 7) is 5.26. The summed E-state index contributed by atoms with van der Waals surface area (Å²) in [7, 11) is 1.82. The zero-order valence-corrected chi connectivity index (χ0v) is 16.9. The first kappa shape index (κ1) is 19.9. The number of aliphatic imine (C=N–C) groups is 1. The summed E-state index contributed by atoms with van der Waals surface area (Å²) in [5.74, 6) is 0.832. The van der Waals surface area contributed by atoms with Gasteiger partial charge in [0.15, 0.2) is 5.96 Å². The maximum atomic E-state index is 5.73. The van der Waals surface area contributed by atoms with Crippen LogP contribution in [0.5, 0.6) is 0 Å². The van der Waals surface area contributed by atoms with E-state index in [4.69, 9.17) is 4.74 Å². The van der Waals surface area contributed by atoms with Crippen LogP contribution in [-0.2, 0) is 11.3 Å². The molecule has 3 rings (SSSR count). The Balaban J connectivity index is 1.39. The van der Waals surface area contributed by atoms with Crippen molar-refractivity contribution in [2.75, 3.05) is 39.8 Å². The van der Waals surface area contributed by atoms with Gasteiger partial charge in [0, 0.05) is 25.0 Å². The lowest BCUT2D eigenvalue weighted by Gasteiger charge is -2.27. The summed E-state index contributed by atoms with van der Waals surface area (Å²) in [4.78, 5) is 8.35. The highest BCUT2D eigenvalue weighted by Gasteiger charge is 2.24. The van der Waals surface area contributed by atoms with Gasteiger partial charge >= 0.3 is 0 Å². The van der Waals surface area contributed by atoms with Gasteiger partial charge in [-0.25, -0.2) is 0 Å². The second-order valence-electron chi connectivity index (χ2n) is 6.69. The van der Waals surface area contributed by atoms with E-state index >= 15 is 0 Å². The number of nitrogens with one attached hydrogen (secondary N) is 2. The molecule has 0 radical (unpaired) electrons. The van der Waals surface area contributed by atoms with Crippen LogP contribution in [0.3, 0.4) is 0 Å². The molecule has 0 bridgehead atoms. The monoisotopic (exact) mass is 386 g/mol. The van der Waals surface area contributed by atoms with E-state index in [0.29, 0.717) is 19.3 Å². The van der Waals surface area contributed by atoms with Gasteiger partial charge in [0.05, 0.1) is 19.3 Å². The van der Waals surface area contributed by atoms with E-state index in [-0.39, 0.29) is 0 Å². The number of hydrogen-bond acceptors (Lipinski definition) is 4. The van der Waals surface area contributed by atoms with E-state index in [1.165, 1.54) is 36.4 Å². The molecular formula is C21H30N4OS. The van der Waals surface area contributed by atoms with Crippen molar-refractivity contribution in [2.24, 2.45) is 4.99 Å². The second kappa shape index (κ2) is 11.1.